The molecule has 0 unspecified atom stereocenters. The van der Waals surface area contributed by atoms with Crippen LogP contribution in [0.1, 0.15) is 0 Å². The van der Waals surface area contributed by atoms with Gasteiger partial charge in [0.2, 0.25) is 5.88 Å². The Bertz CT molecular complexity index is 1390. The lowest BCUT2D eigenvalue weighted by atomic mass is 9.36. The Morgan fingerprint density at radius 2 is 1.69 bits per heavy atom. The Kier molecular flexibility index (Phi) is 4.46. The van der Waals surface area contributed by atoms with Gasteiger partial charge in [-0.3, -0.25) is 0 Å². The molecule has 1 aliphatic rings. The highest BCUT2D eigenvalue weighted by Gasteiger charge is 2.32. The molecule has 0 saturated carbocycles. The van der Waals surface area contributed by atoms with Gasteiger partial charge < -0.3 is 14.0 Å². The zero-order valence-corrected chi connectivity index (χ0v) is 17.1. The number of aromatic nitrogens is 3. The van der Waals surface area contributed by atoms with Crippen LogP contribution in [0.2, 0.25) is 0 Å². The van der Waals surface area contributed by atoms with Crippen molar-refractivity contribution in [3.05, 3.63) is 110 Å². The molecule has 3 aromatic carbocycles. The van der Waals surface area contributed by atoms with Gasteiger partial charge in [-0.05, 0) is 53.4 Å². The molecule has 3 heterocycles. The van der Waals surface area contributed by atoms with Crippen molar-refractivity contribution in [3.8, 4) is 28.8 Å². The normalized spacial score (nSPS) is 11.9. The molecule has 2 aromatic heterocycles. The van der Waals surface area contributed by atoms with Gasteiger partial charge in [-0.1, -0.05) is 41.9 Å². The maximum absolute atomic E-state index is 6.26. The number of rotatable bonds is 4. The highest BCUT2D eigenvalue weighted by molar-refractivity contribution is 6.97. The number of imidazole rings is 1. The maximum Gasteiger partial charge on any atom is 0.251 e. The maximum atomic E-state index is 6.26. The van der Waals surface area contributed by atoms with Crippen molar-refractivity contribution in [3.63, 3.8) is 0 Å². The van der Waals surface area contributed by atoms with Crippen molar-refractivity contribution in [1.29, 1.82) is 0 Å². The van der Waals surface area contributed by atoms with E-state index in [0.29, 0.717) is 5.88 Å². The molecule has 6 heteroatoms. The van der Waals surface area contributed by atoms with E-state index >= 15 is 0 Å². The third-order valence-corrected chi connectivity index (χ3v) is 5.61. The summed E-state index contributed by atoms with van der Waals surface area (Å²) in [5.74, 6) is 3.04. The minimum absolute atomic E-state index is 0.00528. The van der Waals surface area contributed by atoms with Gasteiger partial charge in [0, 0.05) is 30.3 Å². The van der Waals surface area contributed by atoms with Gasteiger partial charge in [0.25, 0.3) is 6.71 Å². The molecule has 32 heavy (non-hydrogen) atoms. The lowest BCUT2D eigenvalue weighted by Gasteiger charge is -2.27. The first-order valence-corrected chi connectivity index (χ1v) is 10.4. The molecule has 6 rings (SSSR count). The highest BCUT2D eigenvalue weighted by Crippen LogP contribution is 2.26. The molecule has 0 radical (unpaired) electrons. The lowest BCUT2D eigenvalue weighted by molar-refractivity contribution is 0.463. The Labute approximate surface area is 186 Å². The fourth-order valence-corrected chi connectivity index (χ4v) is 4.17. The summed E-state index contributed by atoms with van der Waals surface area (Å²) >= 11 is 0. The third kappa shape index (κ3) is 3.32. The van der Waals surface area contributed by atoms with E-state index in [-0.39, 0.29) is 6.71 Å². The van der Waals surface area contributed by atoms with E-state index in [9.17, 15) is 0 Å². The second-order valence-corrected chi connectivity index (χ2v) is 7.61. The molecule has 0 fully saturated rings. The fraction of sp³-hybridized carbons (Fsp3) is 0. The minimum atomic E-state index is 0.00528. The quantitative estimate of drug-likeness (QED) is 0.412. The van der Waals surface area contributed by atoms with Crippen LogP contribution in [0.3, 0.4) is 0 Å². The molecule has 152 valence electrons. The van der Waals surface area contributed by atoms with Crippen molar-refractivity contribution in [2.45, 2.75) is 0 Å². The molecule has 0 bridgehead atoms. The summed E-state index contributed by atoms with van der Waals surface area (Å²) in [4.78, 5) is 8.46. The van der Waals surface area contributed by atoms with Gasteiger partial charge in [0.15, 0.2) is 0 Å². The predicted octanol–water partition coefficient (Wildman–Crippen LogP) is 3.68. The van der Waals surface area contributed by atoms with E-state index in [4.69, 9.17) is 9.47 Å². The predicted molar refractivity (Wildman–Crippen MR) is 125 cm³/mol. The Morgan fingerprint density at radius 1 is 0.781 bits per heavy atom. The minimum Gasteiger partial charge on any atom is -0.458 e. The zero-order valence-electron chi connectivity index (χ0n) is 17.1. The van der Waals surface area contributed by atoms with Gasteiger partial charge in [-0.15, -0.1) is 0 Å². The number of pyridine rings is 1. The van der Waals surface area contributed by atoms with E-state index in [1.165, 1.54) is 0 Å². The van der Waals surface area contributed by atoms with Crippen molar-refractivity contribution >= 4 is 23.1 Å². The van der Waals surface area contributed by atoms with Gasteiger partial charge >= 0.3 is 0 Å². The number of nitrogens with zero attached hydrogens (tertiary/aromatic N) is 3. The molecule has 1 aliphatic heterocycles. The van der Waals surface area contributed by atoms with Crippen LogP contribution in [0.4, 0.5) is 0 Å². The van der Waals surface area contributed by atoms with Crippen LogP contribution in [0.5, 0.6) is 23.1 Å². The molecular formula is C26H18BN3O2. The van der Waals surface area contributed by atoms with Gasteiger partial charge in [-0.2, -0.15) is 0 Å². The Hall–Kier alpha value is -4.32. The van der Waals surface area contributed by atoms with Crippen LogP contribution in [-0.4, -0.2) is 21.2 Å². The molecule has 0 aliphatic carbocycles. The number of benzene rings is 3. The first-order valence-electron chi connectivity index (χ1n) is 10.4. The van der Waals surface area contributed by atoms with E-state index in [0.717, 1.165) is 39.3 Å². The average molecular weight is 415 g/mol. The molecule has 0 N–H and O–H groups in total. The van der Waals surface area contributed by atoms with Gasteiger partial charge in [-0.25, -0.2) is 9.97 Å². The molecular weight excluding hydrogens is 397 g/mol. The molecule has 5 aromatic rings. The molecule has 0 amide bonds. The Morgan fingerprint density at radius 3 is 2.56 bits per heavy atom. The number of hydrogen-bond donors (Lipinski definition) is 0. The summed E-state index contributed by atoms with van der Waals surface area (Å²) in [6.07, 6.45) is 7.24. The first kappa shape index (κ1) is 18.5. The average Bonchev–Trinajstić information content (AvgIpc) is 3.38. The standard InChI is InChI=1S/C26H18BN3O2/c1-2-9-24-22(8-1)27(19-6-5-7-21(16-19)31-26-10-3-4-13-29-26)23-17-20(11-12-25(23)32-24)30-15-14-28-18-30/h1-18H. The highest BCUT2D eigenvalue weighted by atomic mass is 16.5. The van der Waals surface area contributed by atoms with Crippen molar-refractivity contribution in [2.75, 3.05) is 0 Å². The summed E-state index contributed by atoms with van der Waals surface area (Å²) in [6, 6.07) is 28.3. The molecule has 0 spiro atoms. The van der Waals surface area contributed by atoms with Crippen molar-refractivity contribution < 1.29 is 9.47 Å². The summed E-state index contributed by atoms with van der Waals surface area (Å²) in [6.45, 7) is 0.00528. The summed E-state index contributed by atoms with van der Waals surface area (Å²) < 4.78 is 14.3. The summed E-state index contributed by atoms with van der Waals surface area (Å²) in [7, 11) is 0. The molecule has 0 atom stereocenters. The van der Waals surface area contributed by atoms with Crippen LogP contribution in [0.25, 0.3) is 5.69 Å². The second kappa shape index (κ2) is 7.74. The summed E-state index contributed by atoms with van der Waals surface area (Å²) in [5.41, 5.74) is 4.39. The monoisotopic (exact) mass is 415 g/mol. The Balaban J connectivity index is 1.47. The largest absolute Gasteiger partial charge is 0.458 e. The van der Waals surface area contributed by atoms with Gasteiger partial charge in [0.05, 0.1) is 6.33 Å². The van der Waals surface area contributed by atoms with E-state index in [1.807, 2.05) is 71.4 Å². The van der Waals surface area contributed by atoms with Crippen LogP contribution >= 0.6 is 0 Å². The summed E-state index contributed by atoms with van der Waals surface area (Å²) in [5, 5.41) is 0. The van der Waals surface area contributed by atoms with Crippen molar-refractivity contribution in [2.24, 2.45) is 0 Å². The van der Waals surface area contributed by atoms with Crippen LogP contribution in [0.15, 0.2) is 110 Å². The van der Waals surface area contributed by atoms with Crippen LogP contribution in [-0.2, 0) is 0 Å². The lowest BCUT2D eigenvalue weighted by Crippen LogP contribution is -2.54. The molecule has 0 saturated heterocycles. The number of hydrogen-bond acceptors (Lipinski definition) is 4. The van der Waals surface area contributed by atoms with Crippen molar-refractivity contribution in [1.82, 2.24) is 14.5 Å². The van der Waals surface area contributed by atoms with Crippen LogP contribution < -0.4 is 25.9 Å². The number of fused-ring (bicyclic) bond motifs is 2. The van der Waals surface area contributed by atoms with Crippen LogP contribution in [0, 0.1) is 0 Å². The number of ether oxygens (including phenoxy) is 2. The third-order valence-electron chi connectivity index (χ3n) is 5.61. The first-order chi connectivity index (χ1) is 15.8. The number of para-hydroxylation sites is 1. The van der Waals surface area contributed by atoms with E-state index < -0.39 is 0 Å². The SMILES string of the molecule is c1ccc(Oc2cccc(B3c4ccccc4Oc4ccc(-n5ccnc5)cc43)c2)nc1. The van der Waals surface area contributed by atoms with Gasteiger partial charge in [0.1, 0.15) is 17.2 Å². The molecule has 5 nitrogen and oxygen atoms in total. The second-order valence-electron chi connectivity index (χ2n) is 7.61. The fourth-order valence-electron chi connectivity index (χ4n) is 4.17. The smallest absolute Gasteiger partial charge is 0.251 e. The topological polar surface area (TPSA) is 49.2 Å². The zero-order chi connectivity index (χ0) is 21.3. The van der Waals surface area contributed by atoms with E-state index in [1.54, 1.807) is 18.7 Å². The van der Waals surface area contributed by atoms with E-state index in [2.05, 4.69) is 34.2 Å².